The molecule has 0 atom stereocenters. The first-order chi connectivity index (χ1) is 13.1. The second kappa shape index (κ2) is 9.58. The topological polar surface area (TPSA) is 86.7 Å². The molecule has 0 radical (unpaired) electrons. The van der Waals surface area contributed by atoms with Crippen molar-refractivity contribution in [2.24, 2.45) is 10.4 Å². The molecule has 2 N–H and O–H groups in total. The Balaban J connectivity index is 1.78. The first kappa shape index (κ1) is 22.5. The summed E-state index contributed by atoms with van der Waals surface area (Å²) in [5.41, 5.74) is 1.05. The van der Waals surface area contributed by atoms with Gasteiger partial charge < -0.3 is 15.5 Å². The van der Waals surface area contributed by atoms with Gasteiger partial charge in [-0.1, -0.05) is 19.9 Å². The molecule has 1 saturated heterocycles. The van der Waals surface area contributed by atoms with E-state index in [1.165, 1.54) is 11.8 Å². The molecule has 1 aromatic heterocycles. The molecule has 1 aliphatic rings. The van der Waals surface area contributed by atoms with Crippen molar-refractivity contribution in [2.45, 2.75) is 46.1 Å². The lowest BCUT2D eigenvalue weighted by Crippen LogP contribution is -2.50. The minimum atomic E-state index is -2.94. The van der Waals surface area contributed by atoms with Crippen molar-refractivity contribution in [1.29, 1.82) is 0 Å². The number of pyridine rings is 1. The molecule has 1 aromatic rings. The first-order valence-electron chi connectivity index (χ1n) is 9.90. The molecule has 7 nitrogen and oxygen atoms in total. The summed E-state index contributed by atoms with van der Waals surface area (Å²) in [7, 11) is -1.17. The lowest BCUT2D eigenvalue weighted by atomic mass is 9.90. The number of piperidine rings is 1. The molecule has 0 aromatic carbocycles. The Morgan fingerprint density at radius 2 is 2.00 bits per heavy atom. The van der Waals surface area contributed by atoms with Crippen LogP contribution in [0, 0.1) is 12.3 Å². The lowest BCUT2D eigenvalue weighted by Gasteiger charge is -2.34. The van der Waals surface area contributed by atoms with Crippen LogP contribution in [0.25, 0.3) is 0 Å². The summed E-state index contributed by atoms with van der Waals surface area (Å²) in [5.74, 6) is 2.03. The van der Waals surface area contributed by atoms with Crippen molar-refractivity contribution >= 4 is 21.6 Å². The van der Waals surface area contributed by atoms with E-state index in [2.05, 4.69) is 51.5 Å². The molecular formula is C20H35N5O2S. The van der Waals surface area contributed by atoms with E-state index >= 15 is 0 Å². The van der Waals surface area contributed by atoms with Gasteiger partial charge in [-0.25, -0.2) is 13.4 Å². The number of sulfone groups is 1. The highest BCUT2D eigenvalue weighted by atomic mass is 32.2. The average molecular weight is 410 g/mol. The Morgan fingerprint density at radius 1 is 1.32 bits per heavy atom. The highest BCUT2D eigenvalue weighted by Gasteiger charge is 2.23. The molecule has 158 valence electrons. The standard InChI is InChI=1S/C20H35N5O2S/c1-16-6-7-18(22-14-16)25-11-8-17(9-12-25)24-19(21-4)23-15-20(2,3)10-13-28(5,26)27/h6-7,14,17H,8-13,15H2,1-5H3,(H2,21,23,24). The van der Waals surface area contributed by atoms with Gasteiger partial charge in [0.05, 0.1) is 5.75 Å². The summed E-state index contributed by atoms with van der Waals surface area (Å²) in [4.78, 5) is 11.2. The van der Waals surface area contributed by atoms with Crippen LogP contribution >= 0.6 is 0 Å². The number of aliphatic imine (C=N–C) groups is 1. The summed E-state index contributed by atoms with van der Waals surface area (Å²) in [6.07, 6.45) is 5.87. The zero-order valence-corrected chi connectivity index (χ0v) is 18.6. The summed E-state index contributed by atoms with van der Waals surface area (Å²) < 4.78 is 22.8. The van der Waals surface area contributed by atoms with Gasteiger partial charge in [-0.05, 0) is 43.2 Å². The van der Waals surface area contributed by atoms with Crippen LogP contribution in [-0.2, 0) is 9.84 Å². The number of hydrogen-bond donors (Lipinski definition) is 2. The number of hydrogen-bond acceptors (Lipinski definition) is 5. The van der Waals surface area contributed by atoms with Crippen LogP contribution in [0.4, 0.5) is 5.82 Å². The van der Waals surface area contributed by atoms with Gasteiger partial charge in [0.15, 0.2) is 5.96 Å². The van der Waals surface area contributed by atoms with E-state index < -0.39 is 9.84 Å². The van der Waals surface area contributed by atoms with Crippen LogP contribution in [0.15, 0.2) is 23.3 Å². The Kier molecular flexibility index (Phi) is 7.69. The third-order valence-electron chi connectivity index (χ3n) is 5.16. The van der Waals surface area contributed by atoms with E-state index in [-0.39, 0.29) is 11.2 Å². The number of nitrogens with one attached hydrogen (secondary N) is 2. The Labute approximate surface area is 169 Å². The lowest BCUT2D eigenvalue weighted by molar-refractivity contribution is 0.346. The molecule has 1 fully saturated rings. The summed E-state index contributed by atoms with van der Waals surface area (Å²) in [6.45, 7) is 8.80. The molecule has 8 heteroatoms. The molecule has 2 rings (SSSR count). The number of anilines is 1. The number of rotatable bonds is 7. The minimum Gasteiger partial charge on any atom is -0.356 e. The van der Waals surface area contributed by atoms with Crippen LogP contribution in [0.3, 0.4) is 0 Å². The molecule has 0 unspecified atom stereocenters. The Morgan fingerprint density at radius 3 is 2.54 bits per heavy atom. The normalized spacial score (nSPS) is 16.9. The quantitative estimate of drug-likeness (QED) is 0.529. The maximum atomic E-state index is 11.4. The largest absolute Gasteiger partial charge is 0.356 e. The molecule has 1 aliphatic heterocycles. The van der Waals surface area contributed by atoms with Gasteiger partial charge in [-0.3, -0.25) is 4.99 Å². The maximum absolute atomic E-state index is 11.4. The van der Waals surface area contributed by atoms with Crippen LogP contribution in [0.5, 0.6) is 0 Å². The first-order valence-corrected chi connectivity index (χ1v) is 12.0. The van der Waals surface area contributed by atoms with Crippen LogP contribution in [-0.4, -0.2) is 64.1 Å². The van der Waals surface area contributed by atoms with Gasteiger partial charge in [0.2, 0.25) is 0 Å². The second-order valence-corrected chi connectivity index (χ2v) is 10.8. The number of nitrogens with zero attached hydrogens (tertiary/aromatic N) is 3. The molecule has 0 aliphatic carbocycles. The van der Waals surface area contributed by atoms with E-state index in [4.69, 9.17) is 0 Å². The van der Waals surface area contributed by atoms with E-state index in [9.17, 15) is 8.42 Å². The molecule has 2 heterocycles. The van der Waals surface area contributed by atoms with Crippen molar-refractivity contribution < 1.29 is 8.42 Å². The molecule has 0 bridgehead atoms. The summed E-state index contributed by atoms with van der Waals surface area (Å²) in [5, 5.41) is 6.87. The molecule has 0 spiro atoms. The van der Waals surface area contributed by atoms with E-state index in [1.807, 2.05) is 13.1 Å². The van der Waals surface area contributed by atoms with Crippen LogP contribution < -0.4 is 15.5 Å². The third kappa shape index (κ3) is 7.66. The minimum absolute atomic E-state index is 0.124. The van der Waals surface area contributed by atoms with E-state index in [0.29, 0.717) is 19.0 Å². The zero-order chi connectivity index (χ0) is 20.8. The Bertz CT molecular complexity index is 751. The monoisotopic (exact) mass is 409 g/mol. The number of guanidine groups is 1. The van der Waals surface area contributed by atoms with Crippen molar-refractivity contribution in [3.05, 3.63) is 23.9 Å². The predicted octanol–water partition coefficient (Wildman–Crippen LogP) is 1.98. The van der Waals surface area contributed by atoms with Gasteiger partial charge in [-0.2, -0.15) is 0 Å². The maximum Gasteiger partial charge on any atom is 0.191 e. The number of aryl methyl sites for hydroxylation is 1. The van der Waals surface area contributed by atoms with Crippen LogP contribution in [0.2, 0.25) is 0 Å². The summed E-state index contributed by atoms with van der Waals surface area (Å²) >= 11 is 0. The zero-order valence-electron chi connectivity index (χ0n) is 17.8. The van der Waals surface area contributed by atoms with Gasteiger partial charge in [0.25, 0.3) is 0 Å². The third-order valence-corrected chi connectivity index (χ3v) is 6.11. The molecule has 0 amide bonds. The van der Waals surface area contributed by atoms with Crippen molar-refractivity contribution in [3.63, 3.8) is 0 Å². The summed E-state index contributed by atoms with van der Waals surface area (Å²) in [6, 6.07) is 4.55. The van der Waals surface area contributed by atoms with Gasteiger partial charge in [0, 0.05) is 45.2 Å². The van der Waals surface area contributed by atoms with Gasteiger partial charge >= 0.3 is 0 Å². The fourth-order valence-corrected chi connectivity index (χ4v) is 4.08. The van der Waals surface area contributed by atoms with Gasteiger partial charge in [-0.15, -0.1) is 0 Å². The SMILES string of the molecule is CN=C(NCC(C)(C)CCS(C)(=O)=O)NC1CCN(c2ccc(C)cn2)CC1. The highest BCUT2D eigenvalue weighted by Crippen LogP contribution is 2.20. The van der Waals surface area contributed by atoms with Gasteiger partial charge in [0.1, 0.15) is 15.7 Å². The van der Waals surface area contributed by atoms with Crippen LogP contribution in [0.1, 0.15) is 38.7 Å². The van der Waals surface area contributed by atoms with Crippen molar-refractivity contribution in [2.75, 3.05) is 43.6 Å². The molecule has 0 saturated carbocycles. The van der Waals surface area contributed by atoms with E-state index in [1.54, 1.807) is 7.05 Å². The predicted molar refractivity (Wildman–Crippen MR) is 117 cm³/mol. The highest BCUT2D eigenvalue weighted by molar-refractivity contribution is 7.90. The smallest absolute Gasteiger partial charge is 0.191 e. The molecule has 28 heavy (non-hydrogen) atoms. The fraction of sp³-hybridized carbons (Fsp3) is 0.700. The van der Waals surface area contributed by atoms with Crippen molar-refractivity contribution in [3.8, 4) is 0 Å². The molecular weight excluding hydrogens is 374 g/mol. The average Bonchev–Trinajstić information content (AvgIpc) is 2.64. The number of aromatic nitrogens is 1. The fourth-order valence-electron chi connectivity index (χ4n) is 3.16. The second-order valence-electron chi connectivity index (χ2n) is 8.57. The van der Waals surface area contributed by atoms with E-state index in [0.717, 1.165) is 37.7 Å². The van der Waals surface area contributed by atoms with Crippen molar-refractivity contribution in [1.82, 2.24) is 15.6 Å². The Hall–Kier alpha value is -1.83.